The Morgan fingerprint density at radius 3 is 2.54 bits per heavy atom. The van der Waals surface area contributed by atoms with Gasteiger partial charge in [-0.3, -0.25) is 19.3 Å². The van der Waals surface area contributed by atoms with E-state index in [-0.39, 0.29) is 18.6 Å². The normalized spacial score (nSPS) is 14.1. The average molecular weight is 380 g/mol. The Morgan fingerprint density at radius 2 is 1.79 bits per heavy atom. The molecule has 2 aromatic rings. The molecule has 0 saturated carbocycles. The molecule has 6 nitrogen and oxygen atoms in total. The van der Waals surface area contributed by atoms with Gasteiger partial charge in [-0.25, -0.2) is 0 Å². The van der Waals surface area contributed by atoms with Gasteiger partial charge in [0.2, 0.25) is 5.91 Å². The smallest absolute Gasteiger partial charge is 0.262 e. The minimum atomic E-state index is -0.421. The molecule has 28 heavy (non-hydrogen) atoms. The van der Waals surface area contributed by atoms with Crippen molar-refractivity contribution >= 4 is 17.7 Å². The summed E-state index contributed by atoms with van der Waals surface area (Å²) < 4.78 is 5.76. The summed E-state index contributed by atoms with van der Waals surface area (Å²) >= 11 is 0. The Labute approximate surface area is 164 Å². The molecular weight excluding hydrogens is 356 g/mol. The number of carbonyl (C=O) groups excluding carboxylic acids is 3. The number of carbonyl (C=O) groups is 3. The minimum absolute atomic E-state index is 0.0151. The van der Waals surface area contributed by atoms with Gasteiger partial charge >= 0.3 is 0 Å². The Kier molecular flexibility index (Phi) is 6.21. The maximum absolute atomic E-state index is 12.4. The van der Waals surface area contributed by atoms with Gasteiger partial charge in [0.25, 0.3) is 11.8 Å². The SMILES string of the molecule is Cc1ccc2c(c1)C(=O)N(CC(=O)NCCCOC(C)c1ccccc1)C2=O. The molecule has 0 aromatic heterocycles. The number of aryl methyl sites for hydroxylation is 1. The number of fused-ring (bicyclic) bond motifs is 1. The van der Waals surface area contributed by atoms with E-state index in [0.29, 0.717) is 30.7 Å². The van der Waals surface area contributed by atoms with Crippen LogP contribution in [0.4, 0.5) is 0 Å². The number of hydrogen-bond acceptors (Lipinski definition) is 4. The van der Waals surface area contributed by atoms with E-state index in [1.54, 1.807) is 18.2 Å². The quantitative estimate of drug-likeness (QED) is 0.564. The van der Waals surface area contributed by atoms with Crippen LogP contribution < -0.4 is 5.32 Å². The molecule has 3 amide bonds. The highest BCUT2D eigenvalue weighted by Gasteiger charge is 2.36. The second-order valence-corrected chi connectivity index (χ2v) is 6.87. The molecule has 1 aliphatic heterocycles. The highest BCUT2D eigenvalue weighted by molar-refractivity contribution is 6.22. The van der Waals surface area contributed by atoms with E-state index in [1.807, 2.05) is 44.2 Å². The summed E-state index contributed by atoms with van der Waals surface area (Å²) in [6, 6.07) is 15.0. The fraction of sp³-hybridized carbons (Fsp3) is 0.318. The fourth-order valence-electron chi connectivity index (χ4n) is 3.13. The summed E-state index contributed by atoms with van der Waals surface area (Å²) in [6.07, 6.45) is 0.628. The molecule has 6 heteroatoms. The lowest BCUT2D eigenvalue weighted by atomic mass is 10.1. The van der Waals surface area contributed by atoms with Crippen molar-refractivity contribution in [2.45, 2.75) is 26.4 Å². The number of nitrogens with zero attached hydrogens (tertiary/aromatic N) is 1. The summed E-state index contributed by atoms with van der Waals surface area (Å²) in [7, 11) is 0. The van der Waals surface area contributed by atoms with Crippen LogP contribution in [0.5, 0.6) is 0 Å². The third-order valence-electron chi connectivity index (χ3n) is 4.71. The van der Waals surface area contributed by atoms with E-state index in [4.69, 9.17) is 4.74 Å². The summed E-state index contributed by atoms with van der Waals surface area (Å²) in [5.74, 6) is -1.20. The highest BCUT2D eigenvalue weighted by Crippen LogP contribution is 2.23. The molecular formula is C22H24N2O4. The van der Waals surface area contributed by atoms with Crippen LogP contribution in [-0.4, -0.2) is 42.3 Å². The second kappa shape index (κ2) is 8.80. The molecule has 1 N–H and O–H groups in total. The van der Waals surface area contributed by atoms with Gasteiger partial charge in [-0.15, -0.1) is 0 Å². The van der Waals surface area contributed by atoms with E-state index in [2.05, 4.69) is 5.32 Å². The molecule has 3 rings (SSSR count). The van der Waals surface area contributed by atoms with Gasteiger partial charge in [0.1, 0.15) is 6.54 Å². The molecule has 0 saturated heterocycles. The predicted octanol–water partition coefficient (Wildman–Crippen LogP) is 2.88. The lowest BCUT2D eigenvalue weighted by Gasteiger charge is -2.15. The van der Waals surface area contributed by atoms with Gasteiger partial charge in [0.05, 0.1) is 17.2 Å². The number of hydrogen-bond donors (Lipinski definition) is 1. The Balaban J connectivity index is 1.40. The second-order valence-electron chi connectivity index (χ2n) is 6.87. The Hall–Kier alpha value is -2.99. The highest BCUT2D eigenvalue weighted by atomic mass is 16.5. The third-order valence-corrected chi connectivity index (χ3v) is 4.71. The molecule has 0 spiro atoms. The first-order chi connectivity index (χ1) is 13.5. The maximum atomic E-state index is 12.4. The summed E-state index contributed by atoms with van der Waals surface area (Å²) in [5.41, 5.74) is 2.72. The molecule has 1 atom stereocenters. The molecule has 146 valence electrons. The number of rotatable bonds is 8. The first-order valence-electron chi connectivity index (χ1n) is 9.37. The number of nitrogens with one attached hydrogen (secondary N) is 1. The summed E-state index contributed by atoms with van der Waals surface area (Å²) in [6.45, 7) is 4.49. The van der Waals surface area contributed by atoms with E-state index in [0.717, 1.165) is 16.0 Å². The van der Waals surface area contributed by atoms with Gasteiger partial charge < -0.3 is 10.1 Å². The molecule has 0 fully saturated rings. The van der Waals surface area contributed by atoms with Crippen LogP contribution in [0.25, 0.3) is 0 Å². The van der Waals surface area contributed by atoms with Gasteiger partial charge in [-0.05, 0) is 38.0 Å². The van der Waals surface area contributed by atoms with Crippen molar-refractivity contribution in [1.29, 1.82) is 0 Å². The van der Waals surface area contributed by atoms with Gasteiger partial charge in [0, 0.05) is 13.2 Å². The number of imide groups is 1. The Morgan fingerprint density at radius 1 is 1.07 bits per heavy atom. The first kappa shape index (κ1) is 19.8. The summed E-state index contributed by atoms with van der Waals surface area (Å²) in [4.78, 5) is 37.9. The Bertz CT molecular complexity index is 879. The molecule has 1 heterocycles. The zero-order valence-corrected chi connectivity index (χ0v) is 16.1. The lowest BCUT2D eigenvalue weighted by Crippen LogP contribution is -2.40. The molecule has 0 bridgehead atoms. The van der Waals surface area contributed by atoms with Crippen molar-refractivity contribution in [1.82, 2.24) is 10.2 Å². The van der Waals surface area contributed by atoms with Crippen molar-refractivity contribution in [3.63, 3.8) is 0 Å². The van der Waals surface area contributed by atoms with Crippen LogP contribution >= 0.6 is 0 Å². The van der Waals surface area contributed by atoms with Crippen molar-refractivity contribution in [2.75, 3.05) is 19.7 Å². The van der Waals surface area contributed by atoms with E-state index < -0.39 is 11.8 Å². The monoisotopic (exact) mass is 380 g/mol. The molecule has 0 radical (unpaired) electrons. The third kappa shape index (κ3) is 4.46. The van der Waals surface area contributed by atoms with E-state index in [1.165, 1.54) is 0 Å². The van der Waals surface area contributed by atoms with Crippen LogP contribution in [0.2, 0.25) is 0 Å². The molecule has 1 aliphatic rings. The number of ether oxygens (including phenoxy) is 1. The number of benzene rings is 2. The fourth-order valence-corrected chi connectivity index (χ4v) is 3.13. The molecule has 2 aromatic carbocycles. The topological polar surface area (TPSA) is 75.7 Å². The number of amides is 3. The van der Waals surface area contributed by atoms with Crippen LogP contribution in [0, 0.1) is 6.92 Å². The standard InChI is InChI=1S/C22H24N2O4/c1-15-9-10-18-19(13-15)22(27)24(21(18)26)14-20(25)23-11-6-12-28-16(2)17-7-4-3-5-8-17/h3-5,7-10,13,16H,6,11-12,14H2,1-2H3,(H,23,25). The summed E-state index contributed by atoms with van der Waals surface area (Å²) in [5, 5.41) is 2.74. The van der Waals surface area contributed by atoms with Crippen molar-refractivity contribution in [3.05, 3.63) is 70.8 Å². The van der Waals surface area contributed by atoms with Gasteiger partial charge in [-0.1, -0.05) is 42.0 Å². The van der Waals surface area contributed by atoms with Crippen molar-refractivity contribution in [2.24, 2.45) is 0 Å². The maximum Gasteiger partial charge on any atom is 0.262 e. The van der Waals surface area contributed by atoms with E-state index in [9.17, 15) is 14.4 Å². The van der Waals surface area contributed by atoms with Gasteiger partial charge in [0.15, 0.2) is 0 Å². The van der Waals surface area contributed by atoms with Crippen molar-refractivity contribution < 1.29 is 19.1 Å². The molecule has 1 unspecified atom stereocenters. The van der Waals surface area contributed by atoms with Crippen LogP contribution in [0.3, 0.4) is 0 Å². The predicted molar refractivity (Wildman–Crippen MR) is 105 cm³/mol. The largest absolute Gasteiger partial charge is 0.374 e. The zero-order valence-electron chi connectivity index (χ0n) is 16.1. The zero-order chi connectivity index (χ0) is 20.1. The van der Waals surface area contributed by atoms with Gasteiger partial charge in [-0.2, -0.15) is 0 Å². The van der Waals surface area contributed by atoms with Crippen LogP contribution in [0.1, 0.15) is 51.3 Å². The minimum Gasteiger partial charge on any atom is -0.374 e. The molecule has 0 aliphatic carbocycles. The first-order valence-corrected chi connectivity index (χ1v) is 9.37. The lowest BCUT2D eigenvalue weighted by molar-refractivity contribution is -0.121. The van der Waals surface area contributed by atoms with Crippen molar-refractivity contribution in [3.8, 4) is 0 Å². The van der Waals surface area contributed by atoms with Crippen LogP contribution in [-0.2, 0) is 9.53 Å². The van der Waals surface area contributed by atoms with E-state index >= 15 is 0 Å². The average Bonchev–Trinajstić information content (AvgIpc) is 2.92. The van der Waals surface area contributed by atoms with Crippen LogP contribution in [0.15, 0.2) is 48.5 Å².